The second kappa shape index (κ2) is 6.39. The fraction of sp³-hybridized carbons (Fsp3) is 1.00. The Morgan fingerprint density at radius 2 is 1.85 bits per heavy atom. The molecule has 0 aromatic carbocycles. The normalized spacial score (nSPS) is 19.6. The summed E-state index contributed by atoms with van der Waals surface area (Å²) in [5, 5.41) is 2.39. The highest BCUT2D eigenvalue weighted by molar-refractivity contribution is 4.60. The van der Waals surface area contributed by atoms with Gasteiger partial charge >= 0.3 is 0 Å². The highest BCUT2D eigenvalue weighted by Crippen LogP contribution is 2.06. The Bertz CT molecular complexity index is 117. The van der Waals surface area contributed by atoms with Crippen LogP contribution in [0.15, 0.2) is 0 Å². The van der Waals surface area contributed by atoms with Gasteiger partial charge in [-0.3, -0.25) is 5.43 Å². The van der Waals surface area contributed by atoms with Crippen LogP contribution in [0.3, 0.4) is 0 Å². The smallest absolute Gasteiger partial charge is 0.0131 e. The molecule has 1 N–H and O–H groups in total. The Labute approximate surface area is 82.7 Å². The van der Waals surface area contributed by atoms with Gasteiger partial charge in [0.15, 0.2) is 0 Å². The van der Waals surface area contributed by atoms with Crippen LogP contribution < -0.4 is 5.43 Å². The van der Waals surface area contributed by atoms with E-state index in [9.17, 15) is 0 Å². The molecule has 1 heterocycles. The van der Waals surface area contributed by atoms with E-state index < -0.39 is 0 Å². The van der Waals surface area contributed by atoms with Crippen LogP contribution in [0.4, 0.5) is 0 Å². The second-order valence-electron chi connectivity index (χ2n) is 4.49. The first-order chi connectivity index (χ1) is 6.29. The zero-order valence-electron chi connectivity index (χ0n) is 9.18. The second-order valence-corrected chi connectivity index (χ2v) is 4.49. The van der Waals surface area contributed by atoms with Crippen molar-refractivity contribution in [2.45, 2.75) is 46.0 Å². The molecule has 1 saturated heterocycles. The Morgan fingerprint density at radius 3 is 2.46 bits per heavy atom. The average Bonchev–Trinajstić information content (AvgIpc) is 2.14. The molecule has 1 aliphatic rings. The zero-order chi connectivity index (χ0) is 9.52. The molecule has 1 aliphatic heterocycles. The highest BCUT2D eigenvalue weighted by atomic mass is 15.5. The first-order valence-corrected chi connectivity index (χ1v) is 5.77. The SMILES string of the molecule is CC(C)CCCNN1CCCCC1. The van der Waals surface area contributed by atoms with Gasteiger partial charge in [-0.2, -0.15) is 0 Å². The molecule has 0 aromatic rings. The van der Waals surface area contributed by atoms with Gasteiger partial charge < -0.3 is 0 Å². The van der Waals surface area contributed by atoms with E-state index in [0.717, 1.165) is 12.5 Å². The molecule has 0 unspecified atom stereocenters. The van der Waals surface area contributed by atoms with Crippen LogP contribution in [0.5, 0.6) is 0 Å². The van der Waals surface area contributed by atoms with Crippen molar-refractivity contribution in [2.24, 2.45) is 5.92 Å². The van der Waals surface area contributed by atoms with E-state index in [1.807, 2.05) is 0 Å². The summed E-state index contributed by atoms with van der Waals surface area (Å²) in [6, 6.07) is 0. The lowest BCUT2D eigenvalue weighted by molar-refractivity contribution is 0.153. The maximum atomic E-state index is 3.51. The van der Waals surface area contributed by atoms with Gasteiger partial charge in [0, 0.05) is 19.6 Å². The number of hydrazine groups is 1. The van der Waals surface area contributed by atoms with Crippen LogP contribution in [0.1, 0.15) is 46.0 Å². The van der Waals surface area contributed by atoms with Crippen molar-refractivity contribution in [2.75, 3.05) is 19.6 Å². The Kier molecular flexibility index (Phi) is 5.40. The van der Waals surface area contributed by atoms with Crippen molar-refractivity contribution in [3.8, 4) is 0 Å². The van der Waals surface area contributed by atoms with Crippen LogP contribution in [-0.2, 0) is 0 Å². The predicted octanol–water partition coefficient (Wildman–Crippen LogP) is 2.41. The van der Waals surface area contributed by atoms with Gasteiger partial charge in [-0.1, -0.05) is 20.3 Å². The van der Waals surface area contributed by atoms with Crippen LogP contribution in [0.25, 0.3) is 0 Å². The van der Waals surface area contributed by atoms with Gasteiger partial charge in [-0.05, 0) is 31.6 Å². The molecular formula is C11H24N2. The molecule has 0 aromatic heterocycles. The van der Waals surface area contributed by atoms with E-state index in [0.29, 0.717) is 0 Å². The minimum absolute atomic E-state index is 0.850. The lowest BCUT2D eigenvalue weighted by Gasteiger charge is -2.27. The summed E-state index contributed by atoms with van der Waals surface area (Å²) >= 11 is 0. The average molecular weight is 184 g/mol. The number of nitrogens with one attached hydrogen (secondary N) is 1. The first-order valence-electron chi connectivity index (χ1n) is 5.77. The quantitative estimate of drug-likeness (QED) is 0.660. The van der Waals surface area contributed by atoms with Crippen LogP contribution in [-0.4, -0.2) is 24.6 Å². The summed E-state index contributed by atoms with van der Waals surface area (Å²) in [5.41, 5.74) is 3.51. The monoisotopic (exact) mass is 184 g/mol. The third-order valence-electron chi connectivity index (χ3n) is 2.65. The number of piperidine rings is 1. The fourth-order valence-electron chi connectivity index (χ4n) is 1.80. The molecular weight excluding hydrogens is 160 g/mol. The molecule has 78 valence electrons. The van der Waals surface area contributed by atoms with E-state index in [-0.39, 0.29) is 0 Å². The van der Waals surface area contributed by atoms with Crippen LogP contribution >= 0.6 is 0 Å². The first kappa shape index (κ1) is 11.0. The van der Waals surface area contributed by atoms with Gasteiger partial charge in [0.05, 0.1) is 0 Å². The molecule has 0 amide bonds. The van der Waals surface area contributed by atoms with E-state index in [1.54, 1.807) is 0 Å². The molecule has 0 spiro atoms. The molecule has 2 nitrogen and oxygen atoms in total. The largest absolute Gasteiger partial charge is 0.255 e. The number of hydrogen-bond donors (Lipinski definition) is 1. The number of rotatable bonds is 5. The van der Waals surface area contributed by atoms with Gasteiger partial charge in [0.2, 0.25) is 0 Å². The predicted molar refractivity (Wildman–Crippen MR) is 57.5 cm³/mol. The van der Waals surface area contributed by atoms with Crippen molar-refractivity contribution in [3.05, 3.63) is 0 Å². The zero-order valence-corrected chi connectivity index (χ0v) is 9.18. The lowest BCUT2D eigenvalue weighted by Crippen LogP contribution is -2.42. The van der Waals surface area contributed by atoms with Gasteiger partial charge in [-0.25, -0.2) is 5.01 Å². The minimum Gasteiger partial charge on any atom is -0.255 e. The molecule has 0 atom stereocenters. The summed E-state index contributed by atoms with van der Waals surface area (Å²) in [6.07, 6.45) is 6.83. The molecule has 0 saturated carbocycles. The molecule has 13 heavy (non-hydrogen) atoms. The van der Waals surface area contributed by atoms with Crippen molar-refractivity contribution < 1.29 is 0 Å². The summed E-state index contributed by atoms with van der Waals surface area (Å²) in [7, 11) is 0. The van der Waals surface area contributed by atoms with Crippen molar-refractivity contribution in [1.82, 2.24) is 10.4 Å². The maximum absolute atomic E-state index is 3.51. The molecule has 0 radical (unpaired) electrons. The standard InChI is InChI=1S/C11H24N2/c1-11(2)7-6-8-12-13-9-4-3-5-10-13/h11-12H,3-10H2,1-2H3. The Hall–Kier alpha value is -0.0800. The van der Waals surface area contributed by atoms with E-state index >= 15 is 0 Å². The summed E-state index contributed by atoms with van der Waals surface area (Å²) in [4.78, 5) is 0. The lowest BCUT2D eigenvalue weighted by atomic mass is 10.1. The third kappa shape index (κ3) is 5.27. The Morgan fingerprint density at radius 1 is 1.15 bits per heavy atom. The molecule has 1 fully saturated rings. The molecule has 0 aliphatic carbocycles. The van der Waals surface area contributed by atoms with E-state index in [4.69, 9.17) is 0 Å². The number of nitrogens with zero attached hydrogens (tertiary/aromatic N) is 1. The van der Waals surface area contributed by atoms with E-state index in [1.165, 1.54) is 45.2 Å². The highest BCUT2D eigenvalue weighted by Gasteiger charge is 2.08. The molecule has 2 heteroatoms. The maximum Gasteiger partial charge on any atom is 0.0131 e. The van der Waals surface area contributed by atoms with Crippen molar-refractivity contribution in [1.29, 1.82) is 0 Å². The summed E-state index contributed by atoms with van der Waals surface area (Å²) < 4.78 is 0. The molecule has 0 bridgehead atoms. The van der Waals surface area contributed by atoms with Crippen LogP contribution in [0, 0.1) is 5.92 Å². The van der Waals surface area contributed by atoms with E-state index in [2.05, 4.69) is 24.3 Å². The minimum atomic E-state index is 0.850. The topological polar surface area (TPSA) is 15.3 Å². The van der Waals surface area contributed by atoms with Gasteiger partial charge in [-0.15, -0.1) is 0 Å². The fourth-order valence-corrected chi connectivity index (χ4v) is 1.80. The number of hydrogen-bond acceptors (Lipinski definition) is 2. The summed E-state index contributed by atoms with van der Waals surface area (Å²) in [6.45, 7) is 8.25. The Balaban J connectivity index is 1.92. The molecule has 1 rings (SSSR count). The van der Waals surface area contributed by atoms with Gasteiger partial charge in [0.1, 0.15) is 0 Å². The van der Waals surface area contributed by atoms with Gasteiger partial charge in [0.25, 0.3) is 0 Å². The van der Waals surface area contributed by atoms with Crippen LogP contribution in [0.2, 0.25) is 0 Å². The third-order valence-corrected chi connectivity index (χ3v) is 2.65. The summed E-state index contributed by atoms with van der Waals surface area (Å²) in [5.74, 6) is 0.850. The van der Waals surface area contributed by atoms with Crippen molar-refractivity contribution in [3.63, 3.8) is 0 Å². The van der Waals surface area contributed by atoms with Crippen molar-refractivity contribution >= 4 is 0 Å².